The molecule has 0 fully saturated rings. The van der Waals surface area contributed by atoms with E-state index in [9.17, 15) is 8.42 Å². The first-order chi connectivity index (χ1) is 10.0. The van der Waals surface area contributed by atoms with E-state index in [1.807, 2.05) is 18.2 Å². The van der Waals surface area contributed by atoms with Gasteiger partial charge in [-0.2, -0.15) is 0 Å². The fourth-order valence-corrected chi connectivity index (χ4v) is 2.54. The van der Waals surface area contributed by atoms with Crippen LogP contribution >= 0.6 is 0 Å². The van der Waals surface area contributed by atoms with Crippen LogP contribution in [0.3, 0.4) is 0 Å². The van der Waals surface area contributed by atoms with Crippen molar-refractivity contribution in [2.75, 3.05) is 6.79 Å². The Kier molecular flexibility index (Phi) is 3.58. The van der Waals surface area contributed by atoms with Gasteiger partial charge < -0.3 is 19.2 Å². The maximum absolute atomic E-state index is 11.1. The Balaban J connectivity index is 1.62. The molecule has 0 bridgehead atoms. The van der Waals surface area contributed by atoms with Crippen molar-refractivity contribution < 1.29 is 22.3 Å². The van der Waals surface area contributed by atoms with Gasteiger partial charge in [0.2, 0.25) is 11.9 Å². The molecule has 1 aliphatic heterocycles. The molecular weight excluding hydrogens is 296 g/mol. The predicted molar refractivity (Wildman–Crippen MR) is 73.2 cm³/mol. The highest BCUT2D eigenvalue weighted by atomic mass is 32.2. The van der Waals surface area contributed by atoms with Crippen molar-refractivity contribution in [1.82, 2.24) is 5.32 Å². The van der Waals surface area contributed by atoms with Crippen LogP contribution in [0.15, 0.2) is 39.8 Å². The first-order valence-corrected chi connectivity index (χ1v) is 7.78. The van der Waals surface area contributed by atoms with E-state index in [2.05, 4.69) is 5.32 Å². The van der Waals surface area contributed by atoms with E-state index in [0.29, 0.717) is 18.8 Å². The minimum atomic E-state index is -3.80. The molecule has 1 aromatic carbocycles. The average Bonchev–Trinajstić information content (AvgIpc) is 3.06. The largest absolute Gasteiger partial charge is 0.454 e. The SMILES string of the molecule is NS(=O)(=O)c1ccc(CNCc2cccc3c2OCO3)o1. The third-order valence-corrected chi connectivity index (χ3v) is 3.79. The number of nitrogens with two attached hydrogens (primary N) is 1. The predicted octanol–water partition coefficient (Wildman–Crippen LogP) is 0.945. The third kappa shape index (κ3) is 3.02. The van der Waals surface area contributed by atoms with E-state index in [1.165, 1.54) is 6.07 Å². The van der Waals surface area contributed by atoms with Crippen molar-refractivity contribution in [1.29, 1.82) is 0 Å². The van der Waals surface area contributed by atoms with Crippen LogP contribution in [-0.4, -0.2) is 15.2 Å². The number of nitrogens with one attached hydrogen (secondary N) is 1. The summed E-state index contributed by atoms with van der Waals surface area (Å²) >= 11 is 0. The molecule has 0 amide bonds. The fourth-order valence-electron chi connectivity index (χ4n) is 2.06. The lowest BCUT2D eigenvalue weighted by atomic mass is 10.2. The van der Waals surface area contributed by atoms with Crippen molar-refractivity contribution in [2.24, 2.45) is 5.14 Å². The highest BCUT2D eigenvalue weighted by Gasteiger charge is 2.17. The monoisotopic (exact) mass is 310 g/mol. The molecular formula is C13H14N2O5S. The Bertz CT molecular complexity index is 754. The second-order valence-corrected chi connectivity index (χ2v) is 6.01. The van der Waals surface area contributed by atoms with Crippen molar-refractivity contribution in [3.63, 3.8) is 0 Å². The zero-order chi connectivity index (χ0) is 14.9. The number of primary sulfonamides is 1. The minimum absolute atomic E-state index is 0.224. The number of ether oxygens (including phenoxy) is 2. The number of furan rings is 1. The number of fused-ring (bicyclic) bond motifs is 1. The normalized spacial score (nSPS) is 13.6. The number of hydrogen-bond acceptors (Lipinski definition) is 6. The molecule has 0 radical (unpaired) electrons. The molecule has 112 valence electrons. The summed E-state index contributed by atoms with van der Waals surface area (Å²) < 4.78 is 38.0. The molecule has 0 aliphatic carbocycles. The van der Waals surface area contributed by atoms with Gasteiger partial charge in [-0.3, -0.25) is 0 Å². The minimum Gasteiger partial charge on any atom is -0.454 e. The Morgan fingerprint density at radius 2 is 2.00 bits per heavy atom. The molecule has 21 heavy (non-hydrogen) atoms. The van der Waals surface area contributed by atoms with Gasteiger partial charge in [0.15, 0.2) is 11.5 Å². The summed E-state index contributed by atoms with van der Waals surface area (Å²) in [4.78, 5) is 0. The van der Waals surface area contributed by atoms with E-state index in [-0.39, 0.29) is 11.9 Å². The summed E-state index contributed by atoms with van der Waals surface area (Å²) in [6, 6.07) is 8.57. The van der Waals surface area contributed by atoms with Gasteiger partial charge in [0, 0.05) is 12.1 Å². The van der Waals surface area contributed by atoms with Gasteiger partial charge in [0.1, 0.15) is 5.76 Å². The van der Waals surface area contributed by atoms with Crippen LogP contribution in [0, 0.1) is 0 Å². The zero-order valence-corrected chi connectivity index (χ0v) is 11.9. The van der Waals surface area contributed by atoms with E-state index >= 15 is 0 Å². The van der Waals surface area contributed by atoms with Crippen LogP contribution < -0.4 is 19.9 Å². The van der Waals surface area contributed by atoms with Crippen molar-refractivity contribution in [3.05, 3.63) is 41.7 Å². The first kappa shape index (κ1) is 13.9. The smallest absolute Gasteiger partial charge is 0.271 e. The van der Waals surface area contributed by atoms with Gasteiger partial charge in [0.25, 0.3) is 10.0 Å². The highest BCUT2D eigenvalue weighted by molar-refractivity contribution is 7.89. The summed E-state index contributed by atoms with van der Waals surface area (Å²) in [7, 11) is -3.80. The lowest BCUT2D eigenvalue weighted by Gasteiger charge is -2.06. The van der Waals surface area contributed by atoms with Crippen LogP contribution in [0.1, 0.15) is 11.3 Å². The standard InChI is InChI=1S/C13H14N2O5S/c14-21(16,17)12-5-4-10(20-12)7-15-6-9-2-1-3-11-13(9)19-8-18-11/h1-5,15H,6-8H2,(H2,14,16,17). The molecule has 3 N–H and O–H groups in total. The van der Waals surface area contributed by atoms with Gasteiger partial charge >= 0.3 is 0 Å². The maximum atomic E-state index is 11.1. The summed E-state index contributed by atoms with van der Waals surface area (Å²) in [5, 5.41) is 7.89. The Morgan fingerprint density at radius 1 is 1.14 bits per heavy atom. The van der Waals surface area contributed by atoms with Crippen molar-refractivity contribution in [2.45, 2.75) is 18.2 Å². The summed E-state index contributed by atoms with van der Waals surface area (Å²) in [5.74, 6) is 1.95. The fraction of sp³-hybridized carbons (Fsp3) is 0.231. The van der Waals surface area contributed by atoms with Gasteiger partial charge in [-0.25, -0.2) is 13.6 Å². The first-order valence-electron chi connectivity index (χ1n) is 6.24. The number of benzene rings is 1. The second-order valence-electron chi connectivity index (χ2n) is 4.52. The quantitative estimate of drug-likeness (QED) is 0.852. The maximum Gasteiger partial charge on any atom is 0.271 e. The molecule has 3 rings (SSSR count). The van der Waals surface area contributed by atoms with Crippen molar-refractivity contribution in [3.8, 4) is 11.5 Å². The number of sulfonamides is 1. The number of rotatable bonds is 5. The molecule has 0 unspecified atom stereocenters. The van der Waals surface area contributed by atoms with E-state index in [0.717, 1.165) is 17.1 Å². The van der Waals surface area contributed by atoms with Crippen molar-refractivity contribution >= 4 is 10.0 Å². The molecule has 2 aromatic rings. The molecule has 0 spiro atoms. The lowest BCUT2D eigenvalue weighted by molar-refractivity contribution is 0.173. The van der Waals surface area contributed by atoms with Crippen LogP contribution in [0.25, 0.3) is 0 Å². The van der Waals surface area contributed by atoms with Gasteiger partial charge in [0.05, 0.1) is 6.54 Å². The number of hydrogen-bond donors (Lipinski definition) is 2. The average molecular weight is 310 g/mol. The lowest BCUT2D eigenvalue weighted by Crippen LogP contribution is -2.13. The van der Waals surface area contributed by atoms with E-state index in [1.54, 1.807) is 6.07 Å². The van der Waals surface area contributed by atoms with E-state index < -0.39 is 10.0 Å². The molecule has 1 aliphatic rings. The molecule has 0 atom stereocenters. The van der Waals surface area contributed by atoms with Crippen LogP contribution in [-0.2, 0) is 23.1 Å². The van der Waals surface area contributed by atoms with Crippen LogP contribution in [0.4, 0.5) is 0 Å². The Labute approximate surface area is 121 Å². The topological polar surface area (TPSA) is 104 Å². The zero-order valence-electron chi connectivity index (χ0n) is 11.0. The van der Waals surface area contributed by atoms with Gasteiger partial charge in [-0.1, -0.05) is 12.1 Å². The highest BCUT2D eigenvalue weighted by Crippen LogP contribution is 2.35. The molecule has 1 aromatic heterocycles. The van der Waals surface area contributed by atoms with E-state index in [4.69, 9.17) is 19.0 Å². The van der Waals surface area contributed by atoms with Crippen LogP contribution in [0.5, 0.6) is 11.5 Å². The van der Waals surface area contributed by atoms with Gasteiger partial charge in [-0.05, 0) is 18.2 Å². The van der Waals surface area contributed by atoms with Gasteiger partial charge in [-0.15, -0.1) is 0 Å². The third-order valence-electron chi connectivity index (χ3n) is 3.01. The second kappa shape index (κ2) is 5.40. The molecule has 2 heterocycles. The molecule has 7 nitrogen and oxygen atoms in total. The Hall–Kier alpha value is -2.03. The molecule has 0 saturated carbocycles. The molecule has 0 saturated heterocycles. The van der Waals surface area contributed by atoms with Crippen LogP contribution in [0.2, 0.25) is 0 Å². The Morgan fingerprint density at radius 3 is 2.76 bits per heavy atom. The summed E-state index contributed by atoms with van der Waals surface area (Å²) in [6.07, 6.45) is 0. The molecule has 8 heteroatoms. The number of para-hydroxylation sites is 1. The summed E-state index contributed by atoms with van der Waals surface area (Å²) in [5.41, 5.74) is 0.961. The summed E-state index contributed by atoms with van der Waals surface area (Å²) in [6.45, 7) is 1.14.